The van der Waals surface area contributed by atoms with Crippen molar-refractivity contribution in [2.45, 2.75) is 63.9 Å². The van der Waals surface area contributed by atoms with Gasteiger partial charge in [0.25, 0.3) is 0 Å². The number of aromatic amines is 1. The molecule has 1 saturated heterocycles. The van der Waals surface area contributed by atoms with Crippen molar-refractivity contribution in [3.05, 3.63) is 57.6 Å². The van der Waals surface area contributed by atoms with Crippen LogP contribution in [0.1, 0.15) is 36.7 Å². The Morgan fingerprint density at radius 3 is 2.66 bits per heavy atom. The van der Waals surface area contributed by atoms with Crippen molar-refractivity contribution in [3.63, 3.8) is 0 Å². The molecule has 1 aromatic heterocycles. The summed E-state index contributed by atoms with van der Waals surface area (Å²) < 4.78 is 52.8. The lowest BCUT2D eigenvalue weighted by atomic mass is 9.94. The summed E-state index contributed by atoms with van der Waals surface area (Å²) >= 11 is 0. The van der Waals surface area contributed by atoms with Crippen LogP contribution in [-0.4, -0.2) is 67.2 Å². The molecule has 38 heavy (non-hydrogen) atoms. The summed E-state index contributed by atoms with van der Waals surface area (Å²) in [5.74, 6) is 3.78. The van der Waals surface area contributed by atoms with E-state index in [0.717, 1.165) is 0 Å². The molecule has 0 aliphatic carbocycles. The maximum absolute atomic E-state index is 13.9. The molecule has 1 aromatic carbocycles. The average Bonchev–Trinajstić information content (AvgIpc) is 3.10. The number of nitrogens with one attached hydrogen (secondary N) is 2. The lowest BCUT2D eigenvalue weighted by molar-refractivity contribution is -0.149. The molecule has 1 aliphatic heterocycles. The number of H-pyrrole nitrogens is 1. The lowest BCUT2D eigenvalue weighted by Crippen LogP contribution is -2.48. The molecule has 15 heteroatoms. The van der Waals surface area contributed by atoms with E-state index < -0.39 is 67.8 Å². The molecule has 3 rings (SSSR count). The molecule has 0 radical (unpaired) electrons. The standard InChI is InChI=1S/C23H29N4O10P/c1-5-11-23(32)18(28)17(36-20(23)27-13-24-21(30)25-22(27)31)12-34-38(33,37-16-9-7-6-8-10-16)26-15(4)19(29)35-14(2)3/h6-10,13-15,17-18,20,28,32H,12H2,1-4H3,(H,26,33)(H,25,30,31)/t15-,17+,18-,20+,23?,38-/m0/s1/i12D2. The molecule has 2 aromatic rings. The fourth-order valence-electron chi connectivity index (χ4n) is 3.36. The van der Waals surface area contributed by atoms with E-state index >= 15 is 0 Å². The summed E-state index contributed by atoms with van der Waals surface area (Å²) in [6.45, 7) is 2.55. The van der Waals surface area contributed by atoms with E-state index in [1.165, 1.54) is 26.0 Å². The Kier molecular flexibility index (Phi) is 8.33. The summed E-state index contributed by atoms with van der Waals surface area (Å²) in [6.07, 6.45) is -6.03. The van der Waals surface area contributed by atoms with Gasteiger partial charge in [-0.05, 0) is 39.8 Å². The first-order valence-electron chi connectivity index (χ1n) is 12.3. The Hall–Kier alpha value is -3.31. The third-order valence-electron chi connectivity index (χ3n) is 5.03. The number of hydrogen-bond acceptors (Lipinski definition) is 11. The van der Waals surface area contributed by atoms with Crippen molar-refractivity contribution in [2.24, 2.45) is 0 Å². The second-order valence-corrected chi connectivity index (χ2v) is 10.0. The SMILES string of the molecule is [2H]C([2H])(O[P@@](=O)(N[C@@H](C)C(=O)OC(C)C)Oc1ccccc1)[C@H]1O[C@@H](n2cnc(=O)[nH]c2=O)C(O)(C#CC)[C@H]1O. The van der Waals surface area contributed by atoms with Crippen LogP contribution in [0.4, 0.5) is 0 Å². The van der Waals surface area contributed by atoms with E-state index in [-0.39, 0.29) is 5.75 Å². The van der Waals surface area contributed by atoms with Crippen LogP contribution in [-0.2, 0) is 23.4 Å². The van der Waals surface area contributed by atoms with E-state index in [1.807, 2.05) is 4.98 Å². The second kappa shape index (κ2) is 12.0. The summed E-state index contributed by atoms with van der Waals surface area (Å²) in [6, 6.07) is 6.19. The topological polar surface area (TPSA) is 191 Å². The van der Waals surface area contributed by atoms with Gasteiger partial charge in [-0.15, -0.1) is 5.92 Å². The van der Waals surface area contributed by atoms with Gasteiger partial charge in [-0.3, -0.25) is 18.9 Å². The number of nitrogens with zero attached hydrogens (tertiary/aromatic N) is 2. The van der Waals surface area contributed by atoms with Gasteiger partial charge in [0, 0.05) is 0 Å². The van der Waals surface area contributed by atoms with Crippen molar-refractivity contribution in [1.82, 2.24) is 19.6 Å². The molecule has 0 amide bonds. The lowest BCUT2D eigenvalue weighted by Gasteiger charge is -2.26. The highest BCUT2D eigenvalue weighted by Gasteiger charge is 2.56. The van der Waals surface area contributed by atoms with Gasteiger partial charge < -0.3 is 24.2 Å². The molecule has 206 valence electrons. The summed E-state index contributed by atoms with van der Waals surface area (Å²) in [7, 11) is -4.82. The first-order chi connectivity index (χ1) is 18.6. The number of carbonyl (C=O) groups excluding carboxylic acids is 1. The van der Waals surface area contributed by atoms with E-state index in [1.54, 1.807) is 32.0 Å². The summed E-state index contributed by atoms with van der Waals surface area (Å²) in [4.78, 5) is 41.4. The molecule has 0 saturated carbocycles. The Balaban J connectivity index is 1.99. The van der Waals surface area contributed by atoms with Gasteiger partial charge >= 0.3 is 25.1 Å². The maximum atomic E-state index is 13.9. The minimum absolute atomic E-state index is 0.0245. The molecule has 6 atom stereocenters. The minimum Gasteiger partial charge on any atom is -0.462 e. The Labute approximate surface area is 220 Å². The normalized spacial score (nSPS) is 26.3. The van der Waals surface area contributed by atoms with Crippen molar-refractivity contribution >= 4 is 13.7 Å². The van der Waals surface area contributed by atoms with Gasteiger partial charge in [-0.1, -0.05) is 24.1 Å². The molecule has 14 nitrogen and oxygen atoms in total. The number of carbonyl (C=O) groups is 1. The quantitative estimate of drug-likeness (QED) is 0.176. The molecule has 0 bridgehead atoms. The predicted molar refractivity (Wildman–Crippen MR) is 132 cm³/mol. The molecule has 4 N–H and O–H groups in total. The first-order valence-corrected chi connectivity index (χ1v) is 12.9. The van der Waals surface area contributed by atoms with Crippen LogP contribution in [0.5, 0.6) is 5.75 Å². The minimum atomic E-state index is -4.82. The zero-order valence-corrected chi connectivity index (χ0v) is 21.7. The summed E-state index contributed by atoms with van der Waals surface area (Å²) in [5, 5.41) is 24.5. The smallest absolute Gasteiger partial charge is 0.459 e. The molecule has 1 unspecified atom stereocenters. The van der Waals surface area contributed by atoms with E-state index in [2.05, 4.69) is 21.9 Å². The number of aromatic nitrogens is 3. The van der Waals surface area contributed by atoms with E-state index in [9.17, 15) is 29.2 Å². The molecule has 1 aliphatic rings. The highest BCUT2D eigenvalue weighted by atomic mass is 31.2. The fraction of sp³-hybridized carbons (Fsp3) is 0.478. The predicted octanol–water partition coefficient (Wildman–Crippen LogP) is 0.0777. The Morgan fingerprint density at radius 2 is 2.05 bits per heavy atom. The molecule has 0 spiro atoms. The molecule has 2 heterocycles. The van der Waals surface area contributed by atoms with Crippen molar-refractivity contribution < 1.29 is 40.8 Å². The highest BCUT2D eigenvalue weighted by Crippen LogP contribution is 2.46. The van der Waals surface area contributed by atoms with Gasteiger partial charge in [0.15, 0.2) is 11.8 Å². The molecule has 1 fully saturated rings. The molecular weight excluding hydrogens is 523 g/mol. The number of para-hydroxylation sites is 1. The zero-order valence-electron chi connectivity index (χ0n) is 22.9. The van der Waals surface area contributed by atoms with Crippen molar-refractivity contribution in [1.29, 1.82) is 0 Å². The number of aliphatic hydroxyl groups is 2. The Bertz CT molecular complexity index is 1440. The third kappa shape index (κ3) is 6.76. The van der Waals surface area contributed by atoms with Gasteiger partial charge in [0.05, 0.1) is 15.4 Å². The Morgan fingerprint density at radius 1 is 1.37 bits per heavy atom. The number of ether oxygens (including phenoxy) is 2. The van der Waals surface area contributed by atoms with Crippen LogP contribution >= 0.6 is 7.75 Å². The van der Waals surface area contributed by atoms with Gasteiger partial charge in [0.1, 0.15) is 30.3 Å². The largest absolute Gasteiger partial charge is 0.462 e. The maximum Gasteiger partial charge on any atom is 0.459 e. The van der Waals surface area contributed by atoms with Gasteiger partial charge in [-0.25, -0.2) is 14.2 Å². The highest BCUT2D eigenvalue weighted by molar-refractivity contribution is 7.52. The van der Waals surface area contributed by atoms with E-state index in [0.29, 0.717) is 10.9 Å². The van der Waals surface area contributed by atoms with Gasteiger partial charge in [-0.2, -0.15) is 10.1 Å². The van der Waals surface area contributed by atoms with Crippen LogP contribution < -0.4 is 21.0 Å². The first kappa shape index (κ1) is 26.3. The number of rotatable bonds is 10. The number of esters is 1. The van der Waals surface area contributed by atoms with Crippen LogP contribution in [0.15, 0.2) is 46.2 Å². The van der Waals surface area contributed by atoms with Crippen molar-refractivity contribution in [3.8, 4) is 17.6 Å². The zero-order chi connectivity index (χ0) is 29.9. The van der Waals surface area contributed by atoms with E-state index in [4.69, 9.17) is 21.3 Å². The number of hydrogen-bond donors (Lipinski definition) is 4. The van der Waals surface area contributed by atoms with Crippen LogP contribution in [0.25, 0.3) is 0 Å². The average molecular weight is 554 g/mol. The van der Waals surface area contributed by atoms with Crippen LogP contribution in [0.3, 0.4) is 0 Å². The monoisotopic (exact) mass is 554 g/mol. The summed E-state index contributed by atoms with van der Waals surface area (Å²) in [5.41, 5.74) is -4.73. The number of benzene rings is 1. The third-order valence-corrected chi connectivity index (χ3v) is 6.53. The molecular formula is C23H29N4O10P. The van der Waals surface area contributed by atoms with Crippen LogP contribution in [0.2, 0.25) is 0 Å². The fourth-order valence-corrected chi connectivity index (χ4v) is 4.72. The second-order valence-electron chi connectivity index (χ2n) is 8.39. The number of aliphatic hydroxyl groups excluding tert-OH is 1. The van der Waals surface area contributed by atoms with Gasteiger partial charge in [0.2, 0.25) is 0 Å². The van der Waals surface area contributed by atoms with Crippen LogP contribution in [0, 0.1) is 11.8 Å². The van der Waals surface area contributed by atoms with Crippen molar-refractivity contribution in [2.75, 3.05) is 6.56 Å².